The lowest BCUT2D eigenvalue weighted by Crippen LogP contribution is -2.53. The Bertz CT molecular complexity index is 264. The van der Waals surface area contributed by atoms with Crippen LogP contribution in [0.25, 0.3) is 0 Å². The van der Waals surface area contributed by atoms with Gasteiger partial charge < -0.3 is 8.23 Å². The highest BCUT2D eigenvalue weighted by Gasteiger charge is 2.41. The van der Waals surface area contributed by atoms with Crippen molar-refractivity contribution < 1.29 is 8.23 Å². The standard InChI is InChI=1S/C13H30O2Si3/c1-9-12-16(4,5)14-18(8,11-3)15-17(6,7)13-10-2/h9-10H,1-2,11-13H2,3-8H3. The summed E-state index contributed by atoms with van der Waals surface area (Å²) in [5.74, 6) is 0. The molecule has 0 saturated heterocycles. The quantitative estimate of drug-likeness (QED) is 0.446. The summed E-state index contributed by atoms with van der Waals surface area (Å²) in [4.78, 5) is 0. The van der Waals surface area contributed by atoms with Gasteiger partial charge in [-0.1, -0.05) is 19.1 Å². The highest BCUT2D eigenvalue weighted by molar-refractivity contribution is 6.88. The molecule has 0 aliphatic heterocycles. The van der Waals surface area contributed by atoms with Crippen LogP contribution in [0.5, 0.6) is 0 Å². The summed E-state index contributed by atoms with van der Waals surface area (Å²) >= 11 is 0. The van der Waals surface area contributed by atoms with Gasteiger partial charge in [-0.3, -0.25) is 0 Å². The van der Waals surface area contributed by atoms with Crippen LogP contribution in [0.2, 0.25) is 50.9 Å². The Morgan fingerprint density at radius 3 is 1.39 bits per heavy atom. The zero-order valence-electron chi connectivity index (χ0n) is 13.0. The van der Waals surface area contributed by atoms with Crippen molar-refractivity contribution in [1.29, 1.82) is 0 Å². The molecule has 0 aromatic heterocycles. The minimum atomic E-state index is -2.04. The second-order valence-electron chi connectivity index (χ2n) is 6.20. The Hall–Kier alpha value is 0.0506. The molecule has 106 valence electrons. The molecule has 0 aromatic carbocycles. The smallest absolute Gasteiger partial charge is 0.314 e. The van der Waals surface area contributed by atoms with E-state index in [4.69, 9.17) is 8.23 Å². The van der Waals surface area contributed by atoms with Crippen molar-refractivity contribution in [2.24, 2.45) is 0 Å². The van der Waals surface area contributed by atoms with Crippen LogP contribution in [0.1, 0.15) is 6.92 Å². The van der Waals surface area contributed by atoms with Gasteiger partial charge in [0.1, 0.15) is 0 Å². The second kappa shape index (κ2) is 7.00. The molecular formula is C13H30O2Si3. The Balaban J connectivity index is 4.80. The minimum absolute atomic E-state index is 0.988. The average molecular weight is 303 g/mol. The maximum atomic E-state index is 6.48. The fraction of sp³-hybridized carbons (Fsp3) is 0.692. The van der Waals surface area contributed by atoms with Crippen LogP contribution in [0.3, 0.4) is 0 Å². The Kier molecular flexibility index (Phi) is 7.02. The topological polar surface area (TPSA) is 18.5 Å². The SMILES string of the molecule is C=CC[Si](C)(C)O[Si](C)(CC)O[Si](C)(C)CC=C. The van der Waals surface area contributed by atoms with Gasteiger partial charge in [0.05, 0.1) is 0 Å². The van der Waals surface area contributed by atoms with Gasteiger partial charge in [0, 0.05) is 0 Å². The zero-order chi connectivity index (χ0) is 14.4. The third kappa shape index (κ3) is 6.84. The van der Waals surface area contributed by atoms with Crippen LogP contribution < -0.4 is 0 Å². The van der Waals surface area contributed by atoms with Gasteiger partial charge in [0.15, 0.2) is 16.6 Å². The van der Waals surface area contributed by atoms with Gasteiger partial charge in [0.25, 0.3) is 0 Å². The normalized spacial score (nSPS) is 13.4. The molecule has 2 nitrogen and oxygen atoms in total. The summed E-state index contributed by atoms with van der Waals surface area (Å²) in [7, 11) is -5.38. The molecule has 0 radical (unpaired) electrons. The van der Waals surface area contributed by atoms with Gasteiger partial charge in [-0.15, -0.1) is 13.2 Å². The fourth-order valence-corrected chi connectivity index (χ4v) is 15.2. The first-order valence-electron chi connectivity index (χ1n) is 6.72. The van der Waals surface area contributed by atoms with E-state index in [0.29, 0.717) is 0 Å². The summed E-state index contributed by atoms with van der Waals surface area (Å²) < 4.78 is 13.0. The van der Waals surface area contributed by atoms with Crippen LogP contribution in [0.15, 0.2) is 25.3 Å². The molecule has 0 heterocycles. The molecule has 0 saturated carbocycles. The first kappa shape index (κ1) is 18.1. The van der Waals surface area contributed by atoms with E-state index in [0.717, 1.165) is 18.1 Å². The maximum Gasteiger partial charge on any atom is 0.314 e. The van der Waals surface area contributed by atoms with Crippen molar-refractivity contribution in [2.75, 3.05) is 0 Å². The van der Waals surface area contributed by atoms with E-state index in [1.165, 1.54) is 0 Å². The van der Waals surface area contributed by atoms with E-state index in [1.54, 1.807) is 0 Å². The van der Waals surface area contributed by atoms with Crippen molar-refractivity contribution in [3.8, 4) is 0 Å². The van der Waals surface area contributed by atoms with E-state index in [-0.39, 0.29) is 0 Å². The summed E-state index contributed by atoms with van der Waals surface area (Å²) in [6.07, 6.45) is 3.95. The summed E-state index contributed by atoms with van der Waals surface area (Å²) in [5, 5.41) is 0. The van der Waals surface area contributed by atoms with E-state index in [1.807, 2.05) is 12.2 Å². The fourth-order valence-electron chi connectivity index (χ4n) is 2.11. The van der Waals surface area contributed by atoms with Gasteiger partial charge in [0.2, 0.25) is 0 Å². The molecule has 0 spiro atoms. The predicted molar refractivity (Wildman–Crippen MR) is 89.2 cm³/mol. The third-order valence-corrected chi connectivity index (χ3v) is 14.6. The first-order chi connectivity index (χ1) is 8.10. The number of rotatable bonds is 9. The number of hydrogen-bond acceptors (Lipinski definition) is 2. The molecule has 0 rings (SSSR count). The Morgan fingerprint density at radius 1 is 0.833 bits per heavy atom. The second-order valence-corrected chi connectivity index (χ2v) is 18.7. The predicted octanol–water partition coefficient (Wildman–Crippen LogP) is 4.89. The summed E-state index contributed by atoms with van der Waals surface area (Å²) in [5.41, 5.74) is 0. The van der Waals surface area contributed by atoms with Crippen molar-refractivity contribution in [1.82, 2.24) is 0 Å². The summed E-state index contributed by atoms with van der Waals surface area (Å²) in [6, 6.07) is 2.99. The summed E-state index contributed by atoms with van der Waals surface area (Å²) in [6.45, 7) is 21.1. The van der Waals surface area contributed by atoms with Gasteiger partial charge in [-0.2, -0.15) is 0 Å². The molecule has 0 unspecified atom stereocenters. The van der Waals surface area contributed by atoms with E-state index < -0.39 is 25.2 Å². The van der Waals surface area contributed by atoms with Gasteiger partial charge >= 0.3 is 8.56 Å². The molecule has 18 heavy (non-hydrogen) atoms. The van der Waals surface area contributed by atoms with Crippen LogP contribution in [0.4, 0.5) is 0 Å². The van der Waals surface area contributed by atoms with E-state index in [9.17, 15) is 0 Å². The Morgan fingerprint density at radius 2 is 1.17 bits per heavy atom. The molecule has 0 aromatic rings. The van der Waals surface area contributed by atoms with Crippen molar-refractivity contribution in [2.45, 2.75) is 57.8 Å². The van der Waals surface area contributed by atoms with Gasteiger partial charge in [-0.05, 0) is 50.9 Å². The van der Waals surface area contributed by atoms with Crippen molar-refractivity contribution in [3.05, 3.63) is 25.3 Å². The minimum Gasteiger partial charge on any atom is -0.436 e. The van der Waals surface area contributed by atoms with E-state index >= 15 is 0 Å². The maximum absolute atomic E-state index is 6.48. The number of hydrogen-bond donors (Lipinski definition) is 0. The van der Waals surface area contributed by atoms with Crippen LogP contribution in [-0.4, -0.2) is 25.2 Å². The molecule has 0 aliphatic carbocycles. The molecule has 0 amide bonds. The lowest BCUT2D eigenvalue weighted by Gasteiger charge is -2.39. The monoisotopic (exact) mass is 302 g/mol. The molecular weight excluding hydrogens is 272 g/mol. The lowest BCUT2D eigenvalue weighted by atomic mass is 10.8. The molecule has 0 bridgehead atoms. The Labute approximate surface area is 117 Å². The highest BCUT2D eigenvalue weighted by Crippen LogP contribution is 2.27. The number of allylic oxidation sites excluding steroid dienone is 2. The molecule has 5 heteroatoms. The van der Waals surface area contributed by atoms with Crippen LogP contribution in [-0.2, 0) is 8.23 Å². The van der Waals surface area contributed by atoms with Crippen molar-refractivity contribution in [3.63, 3.8) is 0 Å². The molecule has 0 N–H and O–H groups in total. The highest BCUT2D eigenvalue weighted by atomic mass is 28.5. The van der Waals surface area contributed by atoms with E-state index in [2.05, 4.69) is 52.8 Å². The molecule has 0 fully saturated rings. The molecule has 0 atom stereocenters. The van der Waals surface area contributed by atoms with Crippen LogP contribution >= 0.6 is 0 Å². The molecule has 0 aliphatic rings. The first-order valence-corrected chi connectivity index (χ1v) is 15.5. The average Bonchev–Trinajstić information content (AvgIpc) is 2.14. The van der Waals surface area contributed by atoms with Gasteiger partial charge in [-0.25, -0.2) is 0 Å². The lowest BCUT2D eigenvalue weighted by molar-refractivity contribution is 0.382. The van der Waals surface area contributed by atoms with Crippen LogP contribution in [0, 0.1) is 0 Å². The van der Waals surface area contributed by atoms with Crippen molar-refractivity contribution >= 4 is 25.2 Å². The zero-order valence-corrected chi connectivity index (χ0v) is 16.0. The largest absolute Gasteiger partial charge is 0.436 e. The third-order valence-electron chi connectivity index (χ3n) is 2.90.